The minimum absolute atomic E-state index is 0.0943. The van der Waals surface area contributed by atoms with E-state index >= 15 is 0 Å². The van der Waals surface area contributed by atoms with Crippen LogP contribution in [0.5, 0.6) is 0 Å². The molecule has 48 heavy (non-hydrogen) atoms. The molecule has 0 heterocycles. The molecule has 0 radical (unpaired) electrons. The highest BCUT2D eigenvalue weighted by atomic mass is 31.2. The number of esters is 1. The van der Waals surface area contributed by atoms with Crippen molar-refractivity contribution in [3.8, 4) is 0 Å². The number of carbonyl (C=O) groups is 1. The molecule has 0 saturated carbocycles. The summed E-state index contributed by atoms with van der Waals surface area (Å²) in [5.74, 6) is -0.334. The Morgan fingerprint density at radius 1 is 0.625 bits per heavy atom. The Kier molecular flexibility index (Phi) is 36.4. The highest BCUT2D eigenvalue weighted by molar-refractivity contribution is 7.47. The minimum Gasteiger partial charge on any atom is -0.457 e. The third kappa shape index (κ3) is 36.3. The van der Waals surface area contributed by atoms with E-state index in [1.807, 2.05) is 0 Å². The van der Waals surface area contributed by atoms with E-state index in [0.29, 0.717) is 13.0 Å². The van der Waals surface area contributed by atoms with Gasteiger partial charge >= 0.3 is 13.8 Å². The Balaban J connectivity index is 3.96. The molecule has 8 nitrogen and oxygen atoms in total. The second-order valence-corrected chi connectivity index (χ2v) is 14.6. The topological polar surface area (TPSA) is 117 Å². The second-order valence-electron chi connectivity index (χ2n) is 13.1. The van der Waals surface area contributed by atoms with Gasteiger partial charge in [0.2, 0.25) is 0 Å². The van der Waals surface area contributed by atoms with E-state index in [2.05, 4.69) is 38.2 Å². The Bertz CT molecular complexity index is 792. The molecule has 0 aliphatic carbocycles. The number of ether oxygens (including phenoxy) is 2. The molecule has 0 rings (SSSR count). The molecule has 0 fully saturated rings. The number of hydrogen-bond acceptors (Lipinski definition) is 7. The predicted molar refractivity (Wildman–Crippen MR) is 201 cm³/mol. The summed E-state index contributed by atoms with van der Waals surface area (Å²) in [5.41, 5.74) is 5.35. The summed E-state index contributed by atoms with van der Waals surface area (Å²) in [5, 5.41) is 0. The van der Waals surface area contributed by atoms with Gasteiger partial charge in [-0.25, -0.2) is 4.57 Å². The van der Waals surface area contributed by atoms with Gasteiger partial charge in [0.1, 0.15) is 6.10 Å². The van der Waals surface area contributed by atoms with Crippen LogP contribution in [-0.2, 0) is 27.9 Å². The van der Waals surface area contributed by atoms with Crippen molar-refractivity contribution in [2.75, 3.05) is 33.0 Å². The zero-order valence-corrected chi connectivity index (χ0v) is 32.1. The van der Waals surface area contributed by atoms with E-state index in [-0.39, 0.29) is 32.3 Å². The fraction of sp³-hybridized carbons (Fsp3) is 0.872. The first-order valence-electron chi connectivity index (χ1n) is 19.8. The van der Waals surface area contributed by atoms with E-state index in [9.17, 15) is 14.3 Å². The highest BCUT2D eigenvalue weighted by Gasteiger charge is 2.25. The summed E-state index contributed by atoms with van der Waals surface area (Å²) in [6, 6.07) is 0. The predicted octanol–water partition coefficient (Wildman–Crippen LogP) is 11.3. The summed E-state index contributed by atoms with van der Waals surface area (Å²) in [6.07, 6.45) is 39.1. The summed E-state index contributed by atoms with van der Waals surface area (Å²) in [4.78, 5) is 22.3. The molecule has 284 valence electrons. The summed E-state index contributed by atoms with van der Waals surface area (Å²) >= 11 is 0. The second kappa shape index (κ2) is 37.2. The minimum atomic E-state index is -4.26. The van der Waals surface area contributed by atoms with E-state index in [4.69, 9.17) is 24.3 Å². The van der Waals surface area contributed by atoms with Gasteiger partial charge in [-0.2, -0.15) is 0 Å². The number of rotatable bonds is 38. The lowest BCUT2D eigenvalue weighted by Gasteiger charge is -2.20. The molecule has 0 aromatic heterocycles. The molecule has 0 aliphatic heterocycles. The fourth-order valence-corrected chi connectivity index (χ4v) is 6.20. The van der Waals surface area contributed by atoms with Crippen molar-refractivity contribution < 1.29 is 32.8 Å². The number of phosphoric ester groups is 1. The van der Waals surface area contributed by atoms with Crippen molar-refractivity contribution in [1.29, 1.82) is 0 Å². The van der Waals surface area contributed by atoms with Gasteiger partial charge in [-0.05, 0) is 44.9 Å². The molecule has 0 aromatic rings. The maximum atomic E-state index is 12.5. The van der Waals surface area contributed by atoms with Crippen molar-refractivity contribution >= 4 is 13.8 Å². The van der Waals surface area contributed by atoms with Crippen molar-refractivity contribution in [3.63, 3.8) is 0 Å². The number of phosphoric acid groups is 1. The van der Waals surface area contributed by atoms with Gasteiger partial charge in [-0.1, -0.05) is 154 Å². The van der Waals surface area contributed by atoms with Crippen molar-refractivity contribution in [3.05, 3.63) is 24.3 Å². The number of nitrogens with two attached hydrogens (primary N) is 1. The monoisotopic (exact) mass is 702 g/mol. The average Bonchev–Trinajstić information content (AvgIpc) is 3.07. The number of unbranched alkanes of at least 4 members (excludes halogenated alkanes) is 21. The first-order chi connectivity index (χ1) is 23.4. The molecule has 9 heteroatoms. The van der Waals surface area contributed by atoms with Crippen molar-refractivity contribution in [1.82, 2.24) is 0 Å². The summed E-state index contributed by atoms with van der Waals surface area (Å²) < 4.78 is 33.3. The first kappa shape index (κ1) is 47.0. The van der Waals surface area contributed by atoms with Crippen LogP contribution in [0.1, 0.15) is 181 Å². The van der Waals surface area contributed by atoms with Gasteiger partial charge in [0.05, 0.1) is 19.8 Å². The SMILES string of the molecule is CCCCC/C=C\C/C=C\CCCCCCCCCCCCOCC(COP(=O)(O)OCCN)OC(=O)CCCCCCCCCCC. The average molecular weight is 702 g/mol. The van der Waals surface area contributed by atoms with Crippen molar-refractivity contribution in [2.45, 2.75) is 187 Å². The molecule has 0 aliphatic rings. The van der Waals surface area contributed by atoms with Crippen LogP contribution in [0.15, 0.2) is 24.3 Å². The lowest BCUT2D eigenvalue weighted by atomic mass is 10.1. The summed E-state index contributed by atoms with van der Waals surface area (Å²) in [7, 11) is -4.26. The number of allylic oxidation sites excluding steroid dienone is 4. The van der Waals surface area contributed by atoms with E-state index in [0.717, 1.165) is 38.5 Å². The van der Waals surface area contributed by atoms with E-state index in [1.54, 1.807) is 0 Å². The van der Waals surface area contributed by atoms with Crippen LogP contribution in [0.3, 0.4) is 0 Å². The molecule has 0 amide bonds. The van der Waals surface area contributed by atoms with Crippen LogP contribution in [-0.4, -0.2) is 49.9 Å². The van der Waals surface area contributed by atoms with Crippen LogP contribution in [0.4, 0.5) is 0 Å². The lowest BCUT2D eigenvalue weighted by molar-refractivity contribution is -0.154. The zero-order valence-electron chi connectivity index (χ0n) is 31.2. The molecule has 0 spiro atoms. The smallest absolute Gasteiger partial charge is 0.457 e. The molecule has 0 saturated heterocycles. The molecular weight excluding hydrogens is 625 g/mol. The quantitative estimate of drug-likeness (QED) is 0.0283. The number of carbonyl (C=O) groups excluding carboxylic acids is 1. The number of hydrogen-bond donors (Lipinski definition) is 2. The maximum Gasteiger partial charge on any atom is 0.472 e. The molecule has 0 aromatic carbocycles. The Hall–Kier alpha value is -1.02. The molecule has 2 atom stereocenters. The van der Waals surface area contributed by atoms with Crippen LogP contribution < -0.4 is 5.73 Å². The van der Waals surface area contributed by atoms with E-state index in [1.165, 1.54) is 122 Å². The zero-order chi connectivity index (χ0) is 35.2. The van der Waals surface area contributed by atoms with Gasteiger partial charge in [-0.15, -0.1) is 0 Å². The van der Waals surface area contributed by atoms with Crippen molar-refractivity contribution in [2.24, 2.45) is 5.73 Å². The molecular formula is C39H76NO7P. The van der Waals surface area contributed by atoms with Crippen LogP contribution in [0.25, 0.3) is 0 Å². The van der Waals surface area contributed by atoms with Gasteiger partial charge < -0.3 is 20.1 Å². The third-order valence-electron chi connectivity index (χ3n) is 8.37. The highest BCUT2D eigenvalue weighted by Crippen LogP contribution is 2.43. The van der Waals surface area contributed by atoms with Gasteiger partial charge in [0, 0.05) is 19.6 Å². The maximum absolute atomic E-state index is 12.5. The van der Waals surface area contributed by atoms with Crippen LogP contribution in [0, 0.1) is 0 Å². The third-order valence-corrected chi connectivity index (χ3v) is 9.36. The molecule has 3 N–H and O–H groups in total. The molecule has 0 bridgehead atoms. The Morgan fingerprint density at radius 2 is 1.10 bits per heavy atom. The normalized spacial score (nSPS) is 13.8. The largest absolute Gasteiger partial charge is 0.472 e. The molecule has 2 unspecified atom stereocenters. The van der Waals surface area contributed by atoms with Crippen LogP contribution >= 0.6 is 7.82 Å². The lowest BCUT2D eigenvalue weighted by Crippen LogP contribution is -2.28. The van der Waals surface area contributed by atoms with Gasteiger partial charge in [0.25, 0.3) is 0 Å². The summed E-state index contributed by atoms with van der Waals surface area (Å²) in [6.45, 7) is 4.88. The Labute approximate surface area is 296 Å². The van der Waals surface area contributed by atoms with Crippen LogP contribution in [0.2, 0.25) is 0 Å². The van der Waals surface area contributed by atoms with E-state index < -0.39 is 13.9 Å². The standard InChI is InChI=1S/C39H76NO7P/c1-3-5-7-9-11-13-14-15-16-17-18-19-20-21-22-23-25-27-29-31-34-44-36-38(37-46-48(42,43)45-35-33-40)47-39(41)32-30-28-26-24-12-10-8-6-4-2/h11,13,15-16,38H,3-10,12,14,17-37,40H2,1-2H3,(H,42,43)/b13-11-,16-15-. The van der Waals surface area contributed by atoms with Gasteiger partial charge in [0.15, 0.2) is 0 Å². The van der Waals surface area contributed by atoms with Gasteiger partial charge in [-0.3, -0.25) is 13.8 Å². The first-order valence-corrected chi connectivity index (χ1v) is 21.3. The fourth-order valence-electron chi connectivity index (χ4n) is 5.44. The Morgan fingerprint density at radius 3 is 1.67 bits per heavy atom.